The third kappa shape index (κ3) is 3.12. The quantitative estimate of drug-likeness (QED) is 0.475. The maximum Gasteiger partial charge on any atom is 0.265 e. The highest BCUT2D eigenvalue weighted by atomic mass is 16.2. The number of amides is 1. The summed E-state index contributed by atoms with van der Waals surface area (Å²) in [6.07, 6.45) is 0.355. The van der Waals surface area contributed by atoms with E-state index in [0.29, 0.717) is 23.1 Å². The van der Waals surface area contributed by atoms with E-state index in [1.165, 1.54) is 0 Å². The third-order valence-corrected chi connectivity index (χ3v) is 6.21. The van der Waals surface area contributed by atoms with Crippen molar-refractivity contribution in [2.24, 2.45) is 0 Å². The number of carbonyl (C=O) groups excluding carboxylic acids is 1. The highest BCUT2D eigenvalue weighted by Gasteiger charge is 2.39. The second kappa shape index (κ2) is 7.75. The van der Waals surface area contributed by atoms with Crippen molar-refractivity contribution in [3.63, 3.8) is 0 Å². The first-order valence-corrected chi connectivity index (χ1v) is 11.0. The van der Waals surface area contributed by atoms with Gasteiger partial charge >= 0.3 is 0 Å². The highest BCUT2D eigenvalue weighted by molar-refractivity contribution is 6.05. The van der Waals surface area contributed by atoms with Gasteiger partial charge in [0.15, 0.2) is 0 Å². The lowest BCUT2D eigenvalue weighted by molar-refractivity contribution is -0.119. The van der Waals surface area contributed by atoms with Crippen molar-refractivity contribution in [2.75, 3.05) is 4.90 Å². The first-order valence-electron chi connectivity index (χ1n) is 11.0. The molecule has 4 aromatic rings. The van der Waals surface area contributed by atoms with Crippen LogP contribution in [0.15, 0.2) is 77.6 Å². The lowest BCUT2D eigenvalue weighted by atomic mass is 9.96. The molecule has 0 N–H and O–H groups in total. The average Bonchev–Trinajstić information content (AvgIpc) is 3.06. The number of para-hydroxylation sites is 3. The summed E-state index contributed by atoms with van der Waals surface area (Å²) in [6, 6.07) is 23.2. The van der Waals surface area contributed by atoms with E-state index in [0.717, 1.165) is 22.5 Å². The summed E-state index contributed by atoms with van der Waals surface area (Å²) in [5, 5.41) is 0.571. The van der Waals surface area contributed by atoms with Crippen LogP contribution in [-0.2, 0) is 11.2 Å². The first-order chi connectivity index (χ1) is 15.5. The Hall–Kier alpha value is -3.73. The molecule has 0 spiro atoms. The van der Waals surface area contributed by atoms with Crippen molar-refractivity contribution in [2.45, 2.75) is 39.2 Å². The number of nitrogens with zero attached hydrogens (tertiary/aromatic N) is 3. The van der Waals surface area contributed by atoms with Gasteiger partial charge < -0.3 is 4.90 Å². The topological polar surface area (TPSA) is 55.2 Å². The molecule has 1 amide bonds. The van der Waals surface area contributed by atoms with Crippen LogP contribution >= 0.6 is 0 Å². The van der Waals surface area contributed by atoms with Gasteiger partial charge in [-0.1, -0.05) is 48.5 Å². The minimum atomic E-state index is -0.378. The molecule has 1 aliphatic rings. The molecular formula is C27H25N3O2. The summed E-state index contributed by atoms with van der Waals surface area (Å²) in [5.74, 6) is 0.277. The van der Waals surface area contributed by atoms with Gasteiger partial charge in [-0.2, -0.15) is 0 Å². The molecule has 1 aromatic heterocycles. The molecule has 0 saturated heterocycles. The molecule has 0 bridgehead atoms. The fraction of sp³-hybridized carbons (Fsp3) is 0.222. The van der Waals surface area contributed by atoms with E-state index >= 15 is 0 Å². The van der Waals surface area contributed by atoms with Crippen LogP contribution in [0.25, 0.3) is 16.6 Å². The summed E-state index contributed by atoms with van der Waals surface area (Å²) < 4.78 is 1.69. The van der Waals surface area contributed by atoms with Gasteiger partial charge in [0.05, 0.1) is 22.5 Å². The van der Waals surface area contributed by atoms with Gasteiger partial charge in [0.2, 0.25) is 5.91 Å². The normalized spacial score (nSPS) is 15.6. The zero-order valence-corrected chi connectivity index (χ0v) is 18.4. The molecule has 0 fully saturated rings. The number of anilines is 1. The molecule has 1 aliphatic heterocycles. The van der Waals surface area contributed by atoms with E-state index < -0.39 is 0 Å². The maximum atomic E-state index is 13.6. The Kier molecular flexibility index (Phi) is 4.89. The Morgan fingerprint density at radius 1 is 0.875 bits per heavy atom. The minimum absolute atomic E-state index is 0.0526. The monoisotopic (exact) mass is 423 g/mol. The maximum absolute atomic E-state index is 13.6. The van der Waals surface area contributed by atoms with Gasteiger partial charge in [0, 0.05) is 18.2 Å². The summed E-state index contributed by atoms with van der Waals surface area (Å²) in [7, 11) is 0. The van der Waals surface area contributed by atoms with Gasteiger partial charge in [0.25, 0.3) is 5.56 Å². The number of aromatic nitrogens is 2. The van der Waals surface area contributed by atoms with Crippen molar-refractivity contribution < 1.29 is 4.79 Å². The van der Waals surface area contributed by atoms with Gasteiger partial charge in [-0.05, 0) is 56.2 Å². The summed E-state index contributed by atoms with van der Waals surface area (Å²) in [6.45, 7) is 6.03. The molecule has 3 aromatic carbocycles. The number of fused-ring (bicyclic) bond motifs is 2. The largest absolute Gasteiger partial charge is 0.309 e. The number of benzene rings is 3. The van der Waals surface area contributed by atoms with E-state index in [2.05, 4.69) is 0 Å². The van der Waals surface area contributed by atoms with E-state index in [-0.39, 0.29) is 23.4 Å². The lowest BCUT2D eigenvalue weighted by Gasteiger charge is -2.22. The van der Waals surface area contributed by atoms with Crippen molar-refractivity contribution in [3.05, 3.63) is 100 Å². The molecule has 5 rings (SSSR count). The lowest BCUT2D eigenvalue weighted by Crippen LogP contribution is -2.36. The van der Waals surface area contributed by atoms with Crippen LogP contribution < -0.4 is 10.5 Å². The van der Waals surface area contributed by atoms with Crippen LogP contribution in [-0.4, -0.2) is 21.5 Å². The van der Waals surface area contributed by atoms with Crippen molar-refractivity contribution in [1.82, 2.24) is 9.55 Å². The van der Waals surface area contributed by atoms with Crippen LogP contribution in [0.3, 0.4) is 0 Å². The SMILES string of the molecule is Cc1ccccc1-n1c(CC2C(=O)N(C(C)C)c3ccccc32)nc2ccccc2c1=O. The predicted molar refractivity (Wildman–Crippen MR) is 128 cm³/mol. The summed E-state index contributed by atoms with van der Waals surface area (Å²) in [5.41, 5.74) is 4.25. The molecule has 160 valence electrons. The molecule has 0 saturated carbocycles. The number of rotatable bonds is 4. The molecule has 0 aliphatic carbocycles. The number of hydrogen-bond donors (Lipinski definition) is 0. The second-order valence-corrected chi connectivity index (χ2v) is 8.59. The second-order valence-electron chi connectivity index (χ2n) is 8.59. The van der Waals surface area contributed by atoms with Crippen molar-refractivity contribution in [3.8, 4) is 5.69 Å². The molecular weight excluding hydrogens is 398 g/mol. The van der Waals surface area contributed by atoms with E-state index in [1.807, 2.05) is 92.4 Å². The number of aryl methyl sites for hydroxylation is 1. The van der Waals surface area contributed by atoms with Crippen LogP contribution in [0.5, 0.6) is 0 Å². The standard InChI is InChI=1S/C27H25N3O2/c1-17(2)29-24-15-9-6-11-19(24)21(27(29)32)16-25-28-22-13-7-5-12-20(22)26(31)30(25)23-14-8-4-10-18(23)3/h4-15,17,21H,16H2,1-3H3. The van der Waals surface area contributed by atoms with Crippen molar-refractivity contribution in [1.29, 1.82) is 0 Å². The minimum Gasteiger partial charge on any atom is -0.309 e. The zero-order valence-electron chi connectivity index (χ0n) is 18.4. The van der Waals surface area contributed by atoms with Crippen LogP contribution in [0, 0.1) is 6.92 Å². The van der Waals surface area contributed by atoms with E-state index in [9.17, 15) is 9.59 Å². The summed E-state index contributed by atoms with van der Waals surface area (Å²) >= 11 is 0. The Labute approximate surface area is 187 Å². The highest BCUT2D eigenvalue weighted by Crippen LogP contribution is 2.40. The van der Waals surface area contributed by atoms with E-state index in [1.54, 1.807) is 10.6 Å². The Balaban J connectivity index is 1.72. The molecule has 5 nitrogen and oxygen atoms in total. The Bertz CT molecular complexity index is 1400. The number of carbonyl (C=O) groups is 1. The molecule has 2 heterocycles. The molecule has 1 atom stereocenters. The first kappa shape index (κ1) is 20.2. The number of hydrogen-bond acceptors (Lipinski definition) is 3. The molecule has 1 unspecified atom stereocenters. The van der Waals surface area contributed by atoms with Crippen molar-refractivity contribution >= 4 is 22.5 Å². The Morgan fingerprint density at radius 2 is 1.53 bits per heavy atom. The van der Waals surface area contributed by atoms with Crippen LogP contribution in [0.4, 0.5) is 5.69 Å². The molecule has 32 heavy (non-hydrogen) atoms. The van der Waals surface area contributed by atoms with E-state index in [4.69, 9.17) is 4.98 Å². The smallest absolute Gasteiger partial charge is 0.265 e. The van der Waals surface area contributed by atoms with Gasteiger partial charge in [0.1, 0.15) is 5.82 Å². The predicted octanol–water partition coefficient (Wildman–Crippen LogP) is 4.78. The molecule has 0 radical (unpaired) electrons. The molecule has 5 heteroatoms. The average molecular weight is 424 g/mol. The Morgan fingerprint density at radius 3 is 2.28 bits per heavy atom. The third-order valence-electron chi connectivity index (χ3n) is 6.21. The van der Waals surface area contributed by atoms with Gasteiger partial charge in [-0.25, -0.2) is 4.98 Å². The summed E-state index contributed by atoms with van der Waals surface area (Å²) in [4.78, 5) is 33.8. The fourth-order valence-corrected chi connectivity index (χ4v) is 4.71. The van der Waals surface area contributed by atoms with Gasteiger partial charge in [-0.3, -0.25) is 14.2 Å². The van der Waals surface area contributed by atoms with Crippen LogP contribution in [0.1, 0.15) is 36.7 Å². The zero-order chi connectivity index (χ0) is 22.4. The van der Waals surface area contributed by atoms with Crippen LogP contribution in [0.2, 0.25) is 0 Å². The van der Waals surface area contributed by atoms with Gasteiger partial charge in [-0.15, -0.1) is 0 Å². The fourth-order valence-electron chi connectivity index (χ4n) is 4.71.